The molecule has 0 spiro atoms. The number of hydrogen-bond donors (Lipinski definition) is 1. The lowest BCUT2D eigenvalue weighted by Gasteiger charge is -2.05. The molecule has 0 fully saturated rings. The van der Waals surface area contributed by atoms with Crippen LogP contribution in [0.3, 0.4) is 0 Å². The minimum absolute atomic E-state index is 0.279. The maximum Gasteiger partial charge on any atom is 0.335 e. The fraction of sp³-hybridized carbons (Fsp3) is 0.214. The Labute approximate surface area is 110 Å². The number of thiophene rings is 1. The van der Waals surface area contributed by atoms with Crippen molar-refractivity contribution in [2.45, 2.75) is 12.8 Å². The van der Waals surface area contributed by atoms with Crippen molar-refractivity contribution in [1.82, 2.24) is 0 Å². The molecule has 18 heavy (non-hydrogen) atoms. The van der Waals surface area contributed by atoms with Crippen molar-refractivity contribution in [2.24, 2.45) is 0 Å². The molecule has 0 amide bonds. The van der Waals surface area contributed by atoms with Crippen LogP contribution >= 0.6 is 11.3 Å². The van der Waals surface area contributed by atoms with Crippen molar-refractivity contribution in [3.05, 3.63) is 52.2 Å². The molecule has 4 heteroatoms. The van der Waals surface area contributed by atoms with E-state index in [2.05, 4.69) is 11.4 Å². The minimum atomic E-state index is -0.917. The molecule has 2 aromatic rings. The molecule has 0 saturated heterocycles. The largest absolute Gasteiger partial charge is 0.494 e. The second-order valence-corrected chi connectivity index (χ2v) is 4.89. The third kappa shape index (κ3) is 3.60. The Morgan fingerprint density at radius 3 is 2.61 bits per heavy atom. The van der Waals surface area contributed by atoms with Crippen molar-refractivity contribution in [3.63, 3.8) is 0 Å². The summed E-state index contributed by atoms with van der Waals surface area (Å²) in [4.78, 5) is 12.0. The Bertz CT molecular complexity index is 488. The molecular weight excluding hydrogens is 248 g/mol. The molecule has 2 rings (SSSR count). The maximum absolute atomic E-state index is 10.7. The molecule has 1 N–H and O–H groups in total. The maximum atomic E-state index is 10.7. The molecule has 1 aromatic carbocycles. The van der Waals surface area contributed by atoms with Crippen LogP contribution < -0.4 is 4.74 Å². The summed E-state index contributed by atoms with van der Waals surface area (Å²) in [6, 6.07) is 10.6. The summed E-state index contributed by atoms with van der Waals surface area (Å²) in [5, 5.41) is 10.8. The lowest BCUT2D eigenvalue weighted by Crippen LogP contribution is -2.00. The van der Waals surface area contributed by atoms with Gasteiger partial charge in [-0.2, -0.15) is 0 Å². The van der Waals surface area contributed by atoms with Crippen LogP contribution in [-0.2, 0) is 6.42 Å². The lowest BCUT2D eigenvalue weighted by molar-refractivity contribution is 0.0697. The highest BCUT2D eigenvalue weighted by atomic mass is 32.1. The highest BCUT2D eigenvalue weighted by Gasteiger charge is 2.02. The predicted octanol–water partition coefficient (Wildman–Crippen LogP) is 3.46. The van der Waals surface area contributed by atoms with Crippen LogP contribution in [0, 0.1) is 0 Å². The molecular formula is C14H14O3S. The molecule has 0 atom stereocenters. The van der Waals surface area contributed by atoms with Gasteiger partial charge < -0.3 is 9.84 Å². The number of benzene rings is 1. The van der Waals surface area contributed by atoms with Gasteiger partial charge in [0.1, 0.15) is 5.75 Å². The van der Waals surface area contributed by atoms with Gasteiger partial charge >= 0.3 is 5.97 Å². The molecule has 3 nitrogen and oxygen atoms in total. The number of aromatic carboxylic acids is 1. The first-order valence-corrected chi connectivity index (χ1v) is 6.62. The van der Waals surface area contributed by atoms with E-state index in [-0.39, 0.29) is 5.56 Å². The monoisotopic (exact) mass is 262 g/mol. The van der Waals surface area contributed by atoms with E-state index >= 15 is 0 Å². The topological polar surface area (TPSA) is 46.5 Å². The fourth-order valence-electron chi connectivity index (χ4n) is 1.58. The SMILES string of the molecule is O=C(O)c1ccc(OCCCc2cccs2)cc1. The van der Waals surface area contributed by atoms with Crippen LogP contribution in [0.2, 0.25) is 0 Å². The zero-order valence-corrected chi connectivity index (χ0v) is 10.7. The highest BCUT2D eigenvalue weighted by molar-refractivity contribution is 7.09. The molecule has 0 aliphatic carbocycles. The lowest BCUT2D eigenvalue weighted by atomic mass is 10.2. The average Bonchev–Trinajstić information content (AvgIpc) is 2.88. The molecule has 94 valence electrons. The Morgan fingerprint density at radius 2 is 2.00 bits per heavy atom. The van der Waals surface area contributed by atoms with Gasteiger partial charge in [-0.15, -0.1) is 11.3 Å². The number of aryl methyl sites for hydroxylation is 1. The molecule has 0 bridgehead atoms. The summed E-state index contributed by atoms with van der Waals surface area (Å²) in [6.07, 6.45) is 1.98. The zero-order valence-electron chi connectivity index (χ0n) is 9.83. The van der Waals surface area contributed by atoms with E-state index in [0.717, 1.165) is 12.8 Å². The van der Waals surface area contributed by atoms with Crippen molar-refractivity contribution in [1.29, 1.82) is 0 Å². The third-order valence-electron chi connectivity index (χ3n) is 2.52. The first-order valence-electron chi connectivity index (χ1n) is 5.74. The quantitative estimate of drug-likeness (QED) is 0.811. The van der Waals surface area contributed by atoms with E-state index < -0.39 is 5.97 Å². The van der Waals surface area contributed by atoms with Crippen molar-refractivity contribution < 1.29 is 14.6 Å². The summed E-state index contributed by atoms with van der Waals surface area (Å²) >= 11 is 1.75. The number of carboxylic acids is 1. The van der Waals surface area contributed by atoms with Crippen LogP contribution in [-0.4, -0.2) is 17.7 Å². The van der Waals surface area contributed by atoms with Crippen molar-refractivity contribution >= 4 is 17.3 Å². The smallest absolute Gasteiger partial charge is 0.335 e. The Balaban J connectivity index is 1.75. The van der Waals surface area contributed by atoms with Gasteiger partial charge in [-0.1, -0.05) is 6.07 Å². The van der Waals surface area contributed by atoms with E-state index in [1.807, 2.05) is 6.07 Å². The van der Waals surface area contributed by atoms with Gasteiger partial charge in [0.25, 0.3) is 0 Å². The number of carbonyl (C=O) groups is 1. The second kappa shape index (κ2) is 6.21. The van der Waals surface area contributed by atoms with Crippen LogP contribution in [0.1, 0.15) is 21.7 Å². The van der Waals surface area contributed by atoms with Crippen molar-refractivity contribution in [2.75, 3.05) is 6.61 Å². The summed E-state index contributed by atoms with van der Waals surface area (Å²) in [5.41, 5.74) is 0.279. The van der Waals surface area contributed by atoms with E-state index in [1.54, 1.807) is 35.6 Å². The number of ether oxygens (including phenoxy) is 1. The normalized spacial score (nSPS) is 10.2. The van der Waals surface area contributed by atoms with E-state index in [1.165, 1.54) is 4.88 Å². The number of rotatable bonds is 6. The minimum Gasteiger partial charge on any atom is -0.494 e. The Hall–Kier alpha value is -1.81. The first-order chi connectivity index (χ1) is 8.75. The van der Waals surface area contributed by atoms with Crippen molar-refractivity contribution in [3.8, 4) is 5.75 Å². The summed E-state index contributed by atoms with van der Waals surface area (Å²) < 4.78 is 5.55. The van der Waals surface area contributed by atoms with Crippen LogP contribution in [0.15, 0.2) is 41.8 Å². The van der Waals surface area contributed by atoms with Gasteiger partial charge in [-0.05, 0) is 48.6 Å². The van der Waals surface area contributed by atoms with Crippen LogP contribution in [0.5, 0.6) is 5.75 Å². The standard InChI is InChI=1S/C14H14O3S/c15-14(16)11-5-7-12(8-6-11)17-9-1-3-13-4-2-10-18-13/h2,4-8,10H,1,3,9H2,(H,15,16). The van der Waals surface area contributed by atoms with Crippen LogP contribution in [0.25, 0.3) is 0 Å². The summed E-state index contributed by atoms with van der Waals surface area (Å²) in [5.74, 6) is -0.203. The fourth-order valence-corrected chi connectivity index (χ4v) is 2.34. The van der Waals surface area contributed by atoms with Crippen LogP contribution in [0.4, 0.5) is 0 Å². The third-order valence-corrected chi connectivity index (χ3v) is 3.45. The summed E-state index contributed by atoms with van der Waals surface area (Å²) in [6.45, 7) is 0.643. The van der Waals surface area contributed by atoms with Gasteiger partial charge in [0.15, 0.2) is 0 Å². The first kappa shape index (κ1) is 12.6. The molecule has 1 heterocycles. The summed E-state index contributed by atoms with van der Waals surface area (Å²) in [7, 11) is 0. The van der Waals surface area contributed by atoms with Gasteiger partial charge in [-0.25, -0.2) is 4.79 Å². The van der Waals surface area contributed by atoms with Gasteiger partial charge in [0.2, 0.25) is 0 Å². The molecule has 1 aromatic heterocycles. The highest BCUT2D eigenvalue weighted by Crippen LogP contribution is 2.14. The molecule has 0 aliphatic rings. The zero-order chi connectivity index (χ0) is 12.8. The van der Waals surface area contributed by atoms with Gasteiger partial charge in [-0.3, -0.25) is 0 Å². The molecule has 0 aliphatic heterocycles. The predicted molar refractivity (Wildman–Crippen MR) is 71.5 cm³/mol. The van der Waals surface area contributed by atoms with Gasteiger partial charge in [0, 0.05) is 4.88 Å². The average molecular weight is 262 g/mol. The molecule has 0 radical (unpaired) electrons. The number of hydrogen-bond acceptors (Lipinski definition) is 3. The second-order valence-electron chi connectivity index (χ2n) is 3.86. The van der Waals surface area contributed by atoms with Gasteiger partial charge in [0.05, 0.1) is 12.2 Å². The molecule has 0 saturated carbocycles. The Kier molecular flexibility index (Phi) is 4.36. The Morgan fingerprint density at radius 1 is 1.22 bits per heavy atom. The van der Waals surface area contributed by atoms with E-state index in [9.17, 15) is 4.79 Å². The molecule has 0 unspecified atom stereocenters. The number of carboxylic acid groups (broad SMARTS) is 1. The van der Waals surface area contributed by atoms with E-state index in [0.29, 0.717) is 12.4 Å². The van der Waals surface area contributed by atoms with E-state index in [4.69, 9.17) is 9.84 Å².